The van der Waals surface area contributed by atoms with Gasteiger partial charge in [-0.3, -0.25) is 14.5 Å². The topological polar surface area (TPSA) is 90.6 Å². The molecule has 8 nitrogen and oxygen atoms in total. The number of carbonyl (C=O) groups is 1. The summed E-state index contributed by atoms with van der Waals surface area (Å²) in [6.45, 7) is 3.51. The summed E-state index contributed by atoms with van der Waals surface area (Å²) in [5.41, 5.74) is 0.539. The number of carbonyl (C=O) groups excluding carboxylic acids is 1. The third kappa shape index (κ3) is 5.89. The van der Waals surface area contributed by atoms with E-state index in [-0.39, 0.29) is 36.3 Å². The third-order valence-electron chi connectivity index (χ3n) is 4.53. The Labute approximate surface area is 176 Å². The molecule has 1 amide bonds. The Hall–Kier alpha value is -1.71. The zero-order valence-corrected chi connectivity index (χ0v) is 17.6. The number of aromatic nitrogens is 2. The van der Waals surface area contributed by atoms with Gasteiger partial charge in [-0.1, -0.05) is 12.1 Å². The highest BCUT2D eigenvalue weighted by Gasteiger charge is 2.29. The number of amides is 1. The summed E-state index contributed by atoms with van der Waals surface area (Å²) < 4.78 is 5.66. The lowest BCUT2D eigenvalue weighted by molar-refractivity contribution is -0.148. The lowest BCUT2D eigenvalue weighted by Crippen LogP contribution is -2.50. The molecule has 3 rings (SSSR count). The number of hydrogen-bond donors (Lipinski definition) is 2. The highest BCUT2D eigenvalue weighted by Crippen LogP contribution is 2.12. The zero-order chi connectivity index (χ0) is 18.5. The molecular weight excluding hydrogens is 405 g/mol. The normalized spacial score (nSPS) is 16.9. The number of rotatable bonds is 6. The number of benzene rings is 1. The molecule has 0 spiro atoms. The summed E-state index contributed by atoms with van der Waals surface area (Å²) in [7, 11) is 3.64. The number of halogens is 2. The molecule has 156 valence electrons. The van der Waals surface area contributed by atoms with Crippen molar-refractivity contribution in [2.24, 2.45) is 0 Å². The van der Waals surface area contributed by atoms with E-state index in [2.05, 4.69) is 20.2 Å². The number of aromatic amines is 1. The Morgan fingerprint density at radius 3 is 2.89 bits per heavy atom. The first kappa shape index (κ1) is 24.3. The first-order valence-electron chi connectivity index (χ1n) is 8.80. The third-order valence-corrected chi connectivity index (χ3v) is 4.53. The molecule has 1 aliphatic heterocycles. The number of ether oxygens (including phenoxy) is 1. The smallest absolute Gasteiger partial charge is 0.258 e. The molecular formula is C18H27Cl2N5O3. The van der Waals surface area contributed by atoms with Crippen molar-refractivity contribution in [3.8, 4) is 0 Å². The van der Waals surface area contributed by atoms with Gasteiger partial charge in [0.25, 0.3) is 11.5 Å². The van der Waals surface area contributed by atoms with Gasteiger partial charge in [-0.25, -0.2) is 4.98 Å². The second-order valence-corrected chi connectivity index (χ2v) is 6.49. The Morgan fingerprint density at radius 2 is 2.14 bits per heavy atom. The predicted molar refractivity (Wildman–Crippen MR) is 113 cm³/mol. The van der Waals surface area contributed by atoms with Gasteiger partial charge in [-0.2, -0.15) is 0 Å². The van der Waals surface area contributed by atoms with Gasteiger partial charge in [-0.05, 0) is 19.2 Å². The number of likely N-dealkylation sites (N-methyl/N-ethyl adjacent to an activating group) is 2. The summed E-state index contributed by atoms with van der Waals surface area (Å²) >= 11 is 0. The molecule has 1 aromatic carbocycles. The van der Waals surface area contributed by atoms with Crippen LogP contribution in [0.5, 0.6) is 0 Å². The minimum absolute atomic E-state index is 0. The van der Waals surface area contributed by atoms with Crippen molar-refractivity contribution >= 4 is 41.6 Å². The molecule has 2 heterocycles. The van der Waals surface area contributed by atoms with Crippen LogP contribution in [0, 0.1) is 0 Å². The number of fused-ring (bicyclic) bond motifs is 1. The minimum Gasteiger partial charge on any atom is -0.366 e. The SMILES string of the molecule is CNCCN(C)C(=O)C1CN(Cc2nc3ccccc3c(=O)[nH]2)CCO1.Cl.Cl. The van der Waals surface area contributed by atoms with Gasteiger partial charge in [0.15, 0.2) is 0 Å². The lowest BCUT2D eigenvalue weighted by atomic mass is 10.2. The molecule has 1 unspecified atom stereocenters. The molecule has 0 saturated carbocycles. The fourth-order valence-corrected chi connectivity index (χ4v) is 3.05. The molecule has 1 fully saturated rings. The monoisotopic (exact) mass is 431 g/mol. The Morgan fingerprint density at radius 1 is 1.39 bits per heavy atom. The van der Waals surface area contributed by atoms with E-state index in [1.54, 1.807) is 18.0 Å². The van der Waals surface area contributed by atoms with Crippen molar-refractivity contribution < 1.29 is 9.53 Å². The number of H-pyrrole nitrogens is 1. The maximum Gasteiger partial charge on any atom is 0.258 e. The van der Waals surface area contributed by atoms with Crippen LogP contribution in [0.3, 0.4) is 0 Å². The van der Waals surface area contributed by atoms with Crippen molar-refractivity contribution in [1.29, 1.82) is 0 Å². The van der Waals surface area contributed by atoms with Crippen molar-refractivity contribution in [3.05, 3.63) is 40.4 Å². The first-order chi connectivity index (χ1) is 12.6. The molecule has 10 heteroatoms. The van der Waals surface area contributed by atoms with Gasteiger partial charge < -0.3 is 19.9 Å². The van der Waals surface area contributed by atoms with Gasteiger partial charge >= 0.3 is 0 Å². The highest BCUT2D eigenvalue weighted by molar-refractivity contribution is 5.85. The van der Waals surface area contributed by atoms with Crippen LogP contribution >= 0.6 is 24.8 Å². The van der Waals surface area contributed by atoms with E-state index in [0.29, 0.717) is 49.5 Å². The molecule has 28 heavy (non-hydrogen) atoms. The van der Waals surface area contributed by atoms with E-state index in [4.69, 9.17) is 4.74 Å². The Balaban J connectivity index is 0.00000196. The molecule has 1 atom stereocenters. The van der Waals surface area contributed by atoms with Gasteiger partial charge in [-0.15, -0.1) is 24.8 Å². The van der Waals surface area contributed by atoms with Crippen LogP contribution in [0.15, 0.2) is 29.1 Å². The number of nitrogens with one attached hydrogen (secondary N) is 2. The van der Waals surface area contributed by atoms with Gasteiger partial charge in [0, 0.05) is 33.2 Å². The molecule has 0 bridgehead atoms. The summed E-state index contributed by atoms with van der Waals surface area (Å²) in [5, 5.41) is 3.61. The highest BCUT2D eigenvalue weighted by atomic mass is 35.5. The zero-order valence-electron chi connectivity index (χ0n) is 16.0. The summed E-state index contributed by atoms with van der Waals surface area (Å²) in [4.78, 5) is 35.8. The fraction of sp³-hybridized carbons (Fsp3) is 0.500. The lowest BCUT2D eigenvalue weighted by Gasteiger charge is -2.33. The average Bonchev–Trinajstić information content (AvgIpc) is 2.65. The van der Waals surface area contributed by atoms with Crippen LogP contribution in [0.25, 0.3) is 10.9 Å². The number of nitrogens with zero attached hydrogens (tertiary/aromatic N) is 3. The minimum atomic E-state index is -0.488. The van der Waals surface area contributed by atoms with Gasteiger partial charge in [0.1, 0.15) is 11.9 Å². The molecule has 1 aromatic heterocycles. The van der Waals surface area contributed by atoms with Crippen LogP contribution in [-0.2, 0) is 16.1 Å². The predicted octanol–water partition coefficient (Wildman–Crippen LogP) is 0.645. The fourth-order valence-electron chi connectivity index (χ4n) is 3.05. The van der Waals surface area contributed by atoms with E-state index >= 15 is 0 Å². The summed E-state index contributed by atoms with van der Waals surface area (Å²) in [6.07, 6.45) is -0.488. The maximum atomic E-state index is 12.5. The van der Waals surface area contributed by atoms with Crippen molar-refractivity contribution in [2.75, 3.05) is 46.9 Å². The summed E-state index contributed by atoms with van der Waals surface area (Å²) in [6, 6.07) is 7.27. The van der Waals surface area contributed by atoms with Crippen LogP contribution in [0.2, 0.25) is 0 Å². The molecule has 0 radical (unpaired) electrons. The van der Waals surface area contributed by atoms with Crippen LogP contribution < -0.4 is 10.9 Å². The molecule has 1 aliphatic rings. The van der Waals surface area contributed by atoms with Crippen molar-refractivity contribution in [2.45, 2.75) is 12.6 Å². The largest absolute Gasteiger partial charge is 0.366 e. The Bertz CT molecular complexity index is 832. The van der Waals surface area contributed by atoms with Crippen molar-refractivity contribution in [1.82, 2.24) is 25.1 Å². The van der Waals surface area contributed by atoms with Gasteiger partial charge in [0.05, 0.1) is 24.1 Å². The van der Waals surface area contributed by atoms with Crippen LogP contribution in [-0.4, -0.2) is 78.7 Å². The molecule has 2 aromatic rings. The first-order valence-corrected chi connectivity index (χ1v) is 8.80. The number of hydrogen-bond acceptors (Lipinski definition) is 6. The molecule has 0 aliphatic carbocycles. The molecule has 1 saturated heterocycles. The van der Waals surface area contributed by atoms with E-state index < -0.39 is 6.10 Å². The van der Waals surface area contributed by atoms with Crippen LogP contribution in [0.1, 0.15) is 5.82 Å². The maximum absolute atomic E-state index is 12.5. The number of para-hydroxylation sites is 1. The van der Waals surface area contributed by atoms with E-state index in [1.165, 1.54) is 0 Å². The molecule has 2 N–H and O–H groups in total. The van der Waals surface area contributed by atoms with E-state index in [9.17, 15) is 9.59 Å². The van der Waals surface area contributed by atoms with Crippen molar-refractivity contribution in [3.63, 3.8) is 0 Å². The van der Waals surface area contributed by atoms with E-state index in [1.807, 2.05) is 25.2 Å². The van der Waals surface area contributed by atoms with Gasteiger partial charge in [0.2, 0.25) is 0 Å². The average molecular weight is 432 g/mol. The number of morpholine rings is 1. The standard InChI is InChI=1S/C18H25N5O3.2ClH/c1-19-7-8-22(2)18(25)15-11-23(9-10-26-15)12-16-20-14-6-4-3-5-13(14)17(24)21-16;;/h3-6,15,19H,7-12H2,1-2H3,(H,20,21,24);2*1H. The van der Waals surface area contributed by atoms with E-state index in [0.717, 1.165) is 6.54 Å². The van der Waals surface area contributed by atoms with Crippen LogP contribution in [0.4, 0.5) is 0 Å². The second kappa shape index (κ2) is 11.3. The quantitative estimate of drug-likeness (QED) is 0.697. The summed E-state index contributed by atoms with van der Waals surface area (Å²) in [5.74, 6) is 0.579. The Kier molecular flexibility index (Phi) is 9.84. The second-order valence-electron chi connectivity index (χ2n) is 6.49.